The molecule has 0 bridgehead atoms. The maximum atomic E-state index is 12.8. The molecule has 1 fully saturated rings. The normalized spacial score (nSPS) is 17.0. The Balaban J connectivity index is 1.76. The Morgan fingerprint density at radius 1 is 1.04 bits per heavy atom. The first kappa shape index (κ1) is 17.2. The van der Waals surface area contributed by atoms with Crippen LogP contribution in [0.3, 0.4) is 0 Å². The number of hydrogen-bond acceptors (Lipinski definition) is 2. The van der Waals surface area contributed by atoms with Crippen LogP contribution in [0.5, 0.6) is 0 Å². The van der Waals surface area contributed by atoms with Gasteiger partial charge in [-0.2, -0.15) is 0 Å². The van der Waals surface area contributed by atoms with Gasteiger partial charge in [0.15, 0.2) is 0 Å². The van der Waals surface area contributed by atoms with Crippen LogP contribution < -0.4 is 10.2 Å². The first-order chi connectivity index (χ1) is 12.1. The van der Waals surface area contributed by atoms with Crippen molar-refractivity contribution in [3.05, 3.63) is 59.7 Å². The molecule has 1 aliphatic rings. The predicted octanol–water partition coefficient (Wildman–Crippen LogP) is 3.80. The summed E-state index contributed by atoms with van der Waals surface area (Å²) in [6, 6.07) is 15.7. The topological polar surface area (TPSA) is 49.4 Å². The van der Waals surface area contributed by atoms with Gasteiger partial charge in [-0.05, 0) is 36.1 Å². The number of hydrogen-bond donors (Lipinski definition) is 1. The van der Waals surface area contributed by atoms with Gasteiger partial charge in [-0.15, -0.1) is 0 Å². The maximum Gasteiger partial charge on any atom is 0.229 e. The average Bonchev–Trinajstić information content (AvgIpc) is 3.04. The lowest BCUT2D eigenvalue weighted by molar-refractivity contribution is -0.122. The zero-order valence-electron chi connectivity index (χ0n) is 14.8. The molecule has 4 heteroatoms. The van der Waals surface area contributed by atoms with Crippen molar-refractivity contribution in [3.8, 4) is 0 Å². The molecule has 1 saturated heterocycles. The van der Waals surface area contributed by atoms with Gasteiger partial charge < -0.3 is 10.2 Å². The minimum absolute atomic E-state index is 0.00541. The molecule has 25 heavy (non-hydrogen) atoms. The van der Waals surface area contributed by atoms with Gasteiger partial charge in [0.2, 0.25) is 11.8 Å². The molecule has 0 spiro atoms. The van der Waals surface area contributed by atoms with Gasteiger partial charge in [0.05, 0.1) is 5.92 Å². The van der Waals surface area contributed by atoms with Crippen molar-refractivity contribution in [2.24, 2.45) is 5.92 Å². The van der Waals surface area contributed by atoms with Gasteiger partial charge >= 0.3 is 0 Å². The third kappa shape index (κ3) is 3.58. The molecular formula is C21H24N2O2. The van der Waals surface area contributed by atoms with E-state index < -0.39 is 0 Å². The van der Waals surface area contributed by atoms with Crippen molar-refractivity contribution < 1.29 is 9.59 Å². The summed E-state index contributed by atoms with van der Waals surface area (Å²) in [6.45, 7) is 4.60. The SMILES string of the molecule is CCc1cccc(CC)c1NC(=O)[C@@H]1CC(=O)N(c2ccccc2)C1. The zero-order chi connectivity index (χ0) is 17.8. The summed E-state index contributed by atoms with van der Waals surface area (Å²) in [6.07, 6.45) is 1.99. The summed E-state index contributed by atoms with van der Waals surface area (Å²) in [5.74, 6) is -0.379. The summed E-state index contributed by atoms with van der Waals surface area (Å²) in [4.78, 5) is 26.8. The summed E-state index contributed by atoms with van der Waals surface area (Å²) in [7, 11) is 0. The molecule has 0 aliphatic carbocycles. The van der Waals surface area contributed by atoms with Crippen LogP contribution in [0.25, 0.3) is 0 Å². The van der Waals surface area contributed by atoms with Gasteiger partial charge in [-0.3, -0.25) is 9.59 Å². The lowest BCUT2D eigenvalue weighted by atomic mass is 10.0. The van der Waals surface area contributed by atoms with E-state index in [-0.39, 0.29) is 24.2 Å². The predicted molar refractivity (Wildman–Crippen MR) is 101 cm³/mol. The van der Waals surface area contributed by atoms with E-state index >= 15 is 0 Å². The second-order valence-corrected chi connectivity index (χ2v) is 6.39. The molecule has 1 heterocycles. The van der Waals surface area contributed by atoms with E-state index in [2.05, 4.69) is 19.2 Å². The van der Waals surface area contributed by atoms with E-state index in [1.54, 1.807) is 4.90 Å². The Bertz CT molecular complexity index is 748. The van der Waals surface area contributed by atoms with Crippen LogP contribution >= 0.6 is 0 Å². The molecule has 4 nitrogen and oxygen atoms in total. The van der Waals surface area contributed by atoms with E-state index in [0.29, 0.717) is 6.54 Å². The lowest BCUT2D eigenvalue weighted by Crippen LogP contribution is -2.28. The number of benzene rings is 2. The van der Waals surface area contributed by atoms with Crippen molar-refractivity contribution in [1.29, 1.82) is 0 Å². The molecule has 3 rings (SSSR count). The molecule has 0 radical (unpaired) electrons. The van der Waals surface area contributed by atoms with Crippen molar-refractivity contribution in [2.45, 2.75) is 33.1 Å². The Labute approximate surface area is 148 Å². The van der Waals surface area contributed by atoms with E-state index in [0.717, 1.165) is 35.3 Å². The summed E-state index contributed by atoms with van der Waals surface area (Å²) < 4.78 is 0. The highest BCUT2D eigenvalue weighted by atomic mass is 16.2. The number of nitrogens with zero attached hydrogens (tertiary/aromatic N) is 1. The fourth-order valence-electron chi connectivity index (χ4n) is 3.37. The first-order valence-electron chi connectivity index (χ1n) is 8.91. The van der Waals surface area contributed by atoms with Crippen molar-refractivity contribution in [2.75, 3.05) is 16.8 Å². The highest BCUT2D eigenvalue weighted by molar-refractivity contribution is 6.03. The molecule has 1 N–H and O–H groups in total. The largest absolute Gasteiger partial charge is 0.325 e. The van der Waals surface area contributed by atoms with Crippen LogP contribution in [0.15, 0.2) is 48.5 Å². The Morgan fingerprint density at radius 2 is 1.68 bits per heavy atom. The number of para-hydroxylation sites is 2. The van der Waals surface area contributed by atoms with Crippen molar-refractivity contribution >= 4 is 23.2 Å². The van der Waals surface area contributed by atoms with E-state index in [4.69, 9.17) is 0 Å². The first-order valence-corrected chi connectivity index (χ1v) is 8.91. The number of rotatable bonds is 5. The highest BCUT2D eigenvalue weighted by Gasteiger charge is 2.35. The molecule has 2 aromatic rings. The van der Waals surface area contributed by atoms with E-state index in [9.17, 15) is 9.59 Å². The fourth-order valence-corrected chi connectivity index (χ4v) is 3.37. The van der Waals surface area contributed by atoms with Crippen LogP contribution in [0.4, 0.5) is 11.4 Å². The fraction of sp³-hybridized carbons (Fsp3) is 0.333. The zero-order valence-corrected chi connectivity index (χ0v) is 14.8. The van der Waals surface area contributed by atoms with Gasteiger partial charge in [0, 0.05) is 24.3 Å². The van der Waals surface area contributed by atoms with Gasteiger partial charge in [0.25, 0.3) is 0 Å². The summed E-state index contributed by atoms with van der Waals surface area (Å²) >= 11 is 0. The van der Waals surface area contributed by atoms with Crippen LogP contribution in [-0.2, 0) is 22.4 Å². The van der Waals surface area contributed by atoms with Crippen molar-refractivity contribution in [3.63, 3.8) is 0 Å². The van der Waals surface area contributed by atoms with E-state index in [1.165, 1.54) is 0 Å². The molecule has 1 aliphatic heterocycles. The third-order valence-electron chi connectivity index (χ3n) is 4.81. The number of carbonyl (C=O) groups is 2. The molecular weight excluding hydrogens is 312 g/mol. The van der Waals surface area contributed by atoms with Gasteiger partial charge in [-0.1, -0.05) is 50.2 Å². The molecule has 1 atom stereocenters. The summed E-state index contributed by atoms with van der Waals surface area (Å²) in [5.41, 5.74) is 4.04. The maximum absolute atomic E-state index is 12.8. The molecule has 2 aromatic carbocycles. The molecule has 0 aromatic heterocycles. The smallest absolute Gasteiger partial charge is 0.229 e. The number of carbonyl (C=O) groups excluding carboxylic acids is 2. The number of nitrogens with one attached hydrogen (secondary N) is 1. The second kappa shape index (κ2) is 7.51. The monoisotopic (exact) mass is 336 g/mol. The van der Waals surface area contributed by atoms with Gasteiger partial charge in [0.1, 0.15) is 0 Å². The molecule has 2 amide bonds. The van der Waals surface area contributed by atoms with Gasteiger partial charge in [-0.25, -0.2) is 0 Å². The number of amides is 2. The highest BCUT2D eigenvalue weighted by Crippen LogP contribution is 2.28. The molecule has 0 saturated carbocycles. The number of aryl methyl sites for hydroxylation is 2. The quantitative estimate of drug-likeness (QED) is 0.903. The summed E-state index contributed by atoms with van der Waals surface area (Å²) in [5, 5.41) is 3.10. The Hall–Kier alpha value is -2.62. The lowest BCUT2D eigenvalue weighted by Gasteiger charge is -2.18. The number of anilines is 2. The van der Waals surface area contributed by atoms with Crippen molar-refractivity contribution in [1.82, 2.24) is 0 Å². The van der Waals surface area contributed by atoms with Crippen LogP contribution in [0.1, 0.15) is 31.4 Å². The minimum Gasteiger partial charge on any atom is -0.325 e. The third-order valence-corrected chi connectivity index (χ3v) is 4.81. The van der Waals surface area contributed by atoms with Crippen LogP contribution in [0.2, 0.25) is 0 Å². The Morgan fingerprint density at radius 3 is 2.28 bits per heavy atom. The Kier molecular flexibility index (Phi) is 5.17. The molecule has 130 valence electrons. The van der Waals surface area contributed by atoms with Crippen LogP contribution in [0, 0.1) is 5.92 Å². The van der Waals surface area contributed by atoms with E-state index in [1.807, 2.05) is 48.5 Å². The molecule has 0 unspecified atom stereocenters. The van der Waals surface area contributed by atoms with Crippen LogP contribution in [-0.4, -0.2) is 18.4 Å². The second-order valence-electron chi connectivity index (χ2n) is 6.39. The average molecular weight is 336 g/mol. The minimum atomic E-state index is -0.317. The standard InChI is InChI=1S/C21H24N2O2/c1-3-15-9-8-10-16(4-2)20(15)22-21(25)17-13-19(24)23(14-17)18-11-6-5-7-12-18/h5-12,17H,3-4,13-14H2,1-2H3,(H,22,25)/t17-/m1/s1.